The van der Waals surface area contributed by atoms with Crippen molar-refractivity contribution in [1.29, 1.82) is 5.26 Å². The fraction of sp³-hybridized carbons (Fsp3) is 0.211. The largest absolute Gasteiger partial charge is 0.398 e. The molecule has 8 nitrogen and oxygen atoms in total. The zero-order chi connectivity index (χ0) is 20.2. The highest BCUT2D eigenvalue weighted by atomic mass is 32.2. The Bertz CT molecular complexity index is 1200. The van der Waals surface area contributed by atoms with E-state index in [1.54, 1.807) is 6.92 Å². The molecule has 0 radical (unpaired) electrons. The summed E-state index contributed by atoms with van der Waals surface area (Å²) in [7, 11) is -4.08. The molecule has 2 aliphatic rings. The molecule has 1 atom stereocenters. The lowest BCUT2D eigenvalue weighted by atomic mass is 9.91. The van der Waals surface area contributed by atoms with Crippen molar-refractivity contribution >= 4 is 33.2 Å². The number of hydrogen-bond donors (Lipinski definition) is 2. The van der Waals surface area contributed by atoms with Gasteiger partial charge >= 0.3 is 0 Å². The van der Waals surface area contributed by atoms with Crippen LogP contribution in [0, 0.1) is 11.3 Å². The van der Waals surface area contributed by atoms with Gasteiger partial charge in [0.15, 0.2) is 0 Å². The summed E-state index contributed by atoms with van der Waals surface area (Å²) in [5.74, 6) is -1.96. The topological polar surface area (TPSA) is 133 Å². The molecule has 4 rings (SSSR count). The summed E-state index contributed by atoms with van der Waals surface area (Å²) >= 11 is 0. The number of nitrogens with one attached hydrogen (secondary N) is 1. The number of amides is 2. The number of fused-ring (bicyclic) bond motifs is 2. The highest BCUT2D eigenvalue weighted by Gasteiger charge is 2.39. The first-order chi connectivity index (χ1) is 13.3. The lowest BCUT2D eigenvalue weighted by Gasteiger charge is -2.27. The van der Waals surface area contributed by atoms with Crippen molar-refractivity contribution in [3.8, 4) is 6.07 Å². The Hall–Kier alpha value is -3.38. The van der Waals surface area contributed by atoms with Gasteiger partial charge in [0.05, 0.1) is 28.1 Å². The first-order valence-electron chi connectivity index (χ1n) is 8.59. The van der Waals surface area contributed by atoms with Gasteiger partial charge in [-0.25, -0.2) is 8.42 Å². The number of nitriles is 1. The smallest absolute Gasteiger partial charge is 0.264 e. The summed E-state index contributed by atoms with van der Waals surface area (Å²) in [5, 5.41) is 11.4. The van der Waals surface area contributed by atoms with Crippen molar-refractivity contribution < 1.29 is 18.0 Å². The first kappa shape index (κ1) is 18.0. The lowest BCUT2D eigenvalue weighted by molar-refractivity contribution is -0.121. The Morgan fingerprint density at radius 1 is 1.29 bits per heavy atom. The normalized spacial score (nSPS) is 18.3. The van der Waals surface area contributed by atoms with Crippen molar-refractivity contribution in [3.05, 3.63) is 52.6 Å². The van der Waals surface area contributed by atoms with Gasteiger partial charge in [-0.2, -0.15) is 5.26 Å². The molecule has 142 valence electrons. The van der Waals surface area contributed by atoms with Gasteiger partial charge in [-0.05, 0) is 43.2 Å². The van der Waals surface area contributed by atoms with Gasteiger partial charge in [0, 0.05) is 23.4 Å². The predicted octanol–water partition coefficient (Wildman–Crippen LogP) is 1.27. The maximum absolute atomic E-state index is 13.5. The Labute approximate surface area is 161 Å². The van der Waals surface area contributed by atoms with Crippen LogP contribution in [0.15, 0.2) is 35.2 Å². The lowest BCUT2D eigenvalue weighted by Crippen LogP contribution is -2.41. The Morgan fingerprint density at radius 3 is 2.75 bits per heavy atom. The van der Waals surface area contributed by atoms with Crippen LogP contribution < -0.4 is 15.4 Å². The minimum atomic E-state index is -4.08. The average molecular weight is 396 g/mol. The fourth-order valence-electron chi connectivity index (χ4n) is 3.77. The molecule has 2 heterocycles. The van der Waals surface area contributed by atoms with Crippen LogP contribution in [0.5, 0.6) is 0 Å². The number of nitrogen functional groups attached to an aromatic ring is 1. The van der Waals surface area contributed by atoms with Gasteiger partial charge in [0.1, 0.15) is 0 Å². The predicted molar refractivity (Wildman–Crippen MR) is 101 cm³/mol. The van der Waals surface area contributed by atoms with E-state index in [2.05, 4.69) is 5.32 Å². The van der Waals surface area contributed by atoms with Crippen LogP contribution in [0.2, 0.25) is 0 Å². The SMILES string of the molecule is CC1C(=O)NC(=O)c2cccc(S(=O)(=O)N3CCc4c(N)cc(C#N)cc43)c21. The molecule has 2 aromatic rings. The molecule has 0 spiro atoms. The zero-order valence-electron chi connectivity index (χ0n) is 14.9. The second-order valence-corrected chi connectivity index (χ2v) is 8.59. The number of anilines is 2. The van der Waals surface area contributed by atoms with Crippen LogP contribution in [-0.2, 0) is 21.2 Å². The van der Waals surface area contributed by atoms with Gasteiger partial charge in [-0.15, -0.1) is 0 Å². The third-order valence-electron chi connectivity index (χ3n) is 5.17. The van der Waals surface area contributed by atoms with Crippen molar-refractivity contribution in [2.45, 2.75) is 24.2 Å². The number of hydrogen-bond acceptors (Lipinski definition) is 6. The van der Waals surface area contributed by atoms with Gasteiger partial charge in [-0.3, -0.25) is 19.2 Å². The molecule has 2 aromatic carbocycles. The van der Waals surface area contributed by atoms with Crippen molar-refractivity contribution in [1.82, 2.24) is 5.32 Å². The number of rotatable bonds is 2. The van der Waals surface area contributed by atoms with Crippen molar-refractivity contribution in [3.63, 3.8) is 0 Å². The third-order valence-corrected chi connectivity index (χ3v) is 7.04. The molecular weight excluding hydrogens is 380 g/mol. The highest BCUT2D eigenvalue weighted by Crippen LogP contribution is 2.39. The van der Waals surface area contributed by atoms with E-state index < -0.39 is 27.8 Å². The molecule has 9 heteroatoms. The molecule has 0 saturated carbocycles. The fourth-order valence-corrected chi connectivity index (χ4v) is 5.58. The molecule has 2 aliphatic heterocycles. The summed E-state index contributed by atoms with van der Waals surface area (Å²) in [5.41, 5.74) is 7.99. The molecule has 0 saturated heterocycles. The Kier molecular flexibility index (Phi) is 3.90. The van der Waals surface area contributed by atoms with E-state index in [9.17, 15) is 23.3 Å². The maximum Gasteiger partial charge on any atom is 0.264 e. The summed E-state index contributed by atoms with van der Waals surface area (Å²) in [6.45, 7) is 1.72. The number of carbonyl (C=O) groups is 2. The van der Waals surface area contributed by atoms with Crippen LogP contribution >= 0.6 is 0 Å². The number of imide groups is 1. The van der Waals surface area contributed by atoms with Crippen LogP contribution in [0.25, 0.3) is 0 Å². The number of sulfonamides is 1. The number of benzene rings is 2. The maximum atomic E-state index is 13.5. The molecule has 0 fully saturated rings. The monoisotopic (exact) mass is 396 g/mol. The van der Waals surface area contributed by atoms with E-state index in [1.165, 1.54) is 34.6 Å². The quantitative estimate of drug-likeness (QED) is 0.580. The van der Waals surface area contributed by atoms with Gasteiger partial charge in [-0.1, -0.05) is 6.07 Å². The van der Waals surface area contributed by atoms with Crippen LogP contribution in [0.1, 0.15) is 39.9 Å². The molecule has 0 aromatic heterocycles. The van der Waals surface area contributed by atoms with Gasteiger partial charge < -0.3 is 5.73 Å². The van der Waals surface area contributed by atoms with E-state index in [0.717, 1.165) is 0 Å². The summed E-state index contributed by atoms with van der Waals surface area (Å²) in [6.07, 6.45) is 0.413. The number of carbonyl (C=O) groups excluding carboxylic acids is 2. The third kappa shape index (κ3) is 2.46. The number of nitrogens with zero attached hydrogens (tertiary/aromatic N) is 2. The molecule has 28 heavy (non-hydrogen) atoms. The highest BCUT2D eigenvalue weighted by molar-refractivity contribution is 7.93. The van der Waals surface area contributed by atoms with Crippen molar-refractivity contribution in [2.24, 2.45) is 0 Å². The van der Waals surface area contributed by atoms with Crippen LogP contribution in [-0.4, -0.2) is 26.8 Å². The molecular formula is C19H16N4O4S. The standard InChI is InChI=1S/C19H16N4O4S/c1-10-17-13(19(25)22-18(10)24)3-2-4-16(17)28(26,27)23-6-5-12-14(21)7-11(9-20)8-15(12)23/h2-4,7-8,10H,5-6,21H2,1H3,(H,22,24,25). The molecule has 0 bridgehead atoms. The van der Waals surface area contributed by atoms with E-state index in [-0.39, 0.29) is 28.1 Å². The second-order valence-electron chi connectivity index (χ2n) is 6.76. The van der Waals surface area contributed by atoms with Crippen LogP contribution in [0.4, 0.5) is 11.4 Å². The zero-order valence-corrected chi connectivity index (χ0v) is 15.7. The van der Waals surface area contributed by atoms with E-state index >= 15 is 0 Å². The molecule has 2 amide bonds. The Morgan fingerprint density at radius 2 is 2.04 bits per heavy atom. The first-order valence-corrected chi connectivity index (χ1v) is 10.0. The Balaban J connectivity index is 1.91. The summed E-state index contributed by atoms with van der Waals surface area (Å²) in [6, 6.07) is 9.36. The summed E-state index contributed by atoms with van der Waals surface area (Å²) < 4.78 is 28.2. The van der Waals surface area contributed by atoms with E-state index in [4.69, 9.17) is 5.73 Å². The van der Waals surface area contributed by atoms with E-state index in [0.29, 0.717) is 23.4 Å². The minimum Gasteiger partial charge on any atom is -0.398 e. The second kappa shape index (κ2) is 6.07. The van der Waals surface area contributed by atoms with E-state index in [1.807, 2.05) is 6.07 Å². The van der Waals surface area contributed by atoms with Crippen LogP contribution in [0.3, 0.4) is 0 Å². The molecule has 1 unspecified atom stereocenters. The summed E-state index contributed by atoms with van der Waals surface area (Å²) in [4.78, 5) is 24.2. The average Bonchev–Trinajstić information content (AvgIpc) is 3.11. The van der Waals surface area contributed by atoms with Crippen molar-refractivity contribution in [2.75, 3.05) is 16.6 Å². The molecule has 0 aliphatic carbocycles. The van der Waals surface area contributed by atoms with Gasteiger partial charge in [0.25, 0.3) is 15.9 Å². The number of nitrogens with two attached hydrogens (primary N) is 1. The minimum absolute atomic E-state index is 0.0884. The molecule has 3 N–H and O–H groups in total. The van der Waals surface area contributed by atoms with Gasteiger partial charge in [0.2, 0.25) is 5.91 Å².